The van der Waals surface area contributed by atoms with Gasteiger partial charge >= 0.3 is 0 Å². The summed E-state index contributed by atoms with van der Waals surface area (Å²) < 4.78 is 2.24. The normalized spacial score (nSPS) is 11.3. The fourth-order valence-corrected chi connectivity index (χ4v) is 4.15. The molecule has 0 bridgehead atoms. The van der Waals surface area contributed by atoms with Crippen LogP contribution < -0.4 is 34.0 Å². The van der Waals surface area contributed by atoms with Crippen LogP contribution in [0.5, 0.6) is 0 Å². The van der Waals surface area contributed by atoms with Crippen molar-refractivity contribution in [2.24, 2.45) is 0 Å². The lowest BCUT2D eigenvalue weighted by molar-refractivity contribution is -0.870. The van der Waals surface area contributed by atoms with Gasteiger partial charge in [0.1, 0.15) is 0 Å². The second kappa shape index (κ2) is 30.1. The average molecular weight is 617 g/mol. The maximum absolute atomic E-state index is 2.29. The van der Waals surface area contributed by atoms with Crippen LogP contribution >= 0.6 is 0 Å². The summed E-state index contributed by atoms with van der Waals surface area (Å²) in [5, 5.41) is 0. The van der Waals surface area contributed by atoms with E-state index in [0.717, 1.165) is 8.97 Å². The van der Waals surface area contributed by atoms with Gasteiger partial charge in [-0.1, -0.05) is 117 Å². The highest BCUT2D eigenvalue weighted by molar-refractivity contribution is 4.48. The first-order valence-electron chi connectivity index (χ1n) is 14.7. The molecule has 0 saturated carbocycles. The third-order valence-corrected chi connectivity index (χ3v) is 6.36. The number of nitrogens with zero attached hydrogens (tertiary/aromatic N) is 2. The van der Waals surface area contributed by atoms with Gasteiger partial charge in [0, 0.05) is 0 Å². The minimum absolute atomic E-state index is 0. The van der Waals surface area contributed by atoms with Gasteiger partial charge < -0.3 is 42.9 Å². The van der Waals surface area contributed by atoms with Crippen LogP contribution in [-0.2, 0) is 0 Å². The average Bonchev–Trinajstić information content (AvgIpc) is 2.70. The van der Waals surface area contributed by atoms with Crippen molar-refractivity contribution in [3.63, 3.8) is 0 Å². The smallest absolute Gasteiger partial charge is 0.0780 e. The van der Waals surface area contributed by atoms with E-state index in [1.54, 1.807) is 0 Å². The minimum atomic E-state index is 0. The van der Waals surface area contributed by atoms with Crippen LogP contribution in [0, 0.1) is 0 Å². The molecule has 0 atom stereocenters. The Kier molecular flexibility index (Phi) is 37.2. The van der Waals surface area contributed by atoms with Crippen LogP contribution in [0.2, 0.25) is 0 Å². The van der Waals surface area contributed by atoms with Gasteiger partial charge in [0.2, 0.25) is 0 Å². The zero-order valence-corrected chi connectivity index (χ0v) is 28.4. The van der Waals surface area contributed by atoms with Gasteiger partial charge in [-0.2, -0.15) is 0 Å². The first-order valence-corrected chi connectivity index (χ1v) is 14.7. The van der Waals surface area contributed by atoms with Gasteiger partial charge in [-0.05, 0) is 25.7 Å². The molecule has 0 radical (unpaired) electrons. The number of unbranched alkanes of at least 4 members (excludes halogenated alkanes) is 18. The summed E-state index contributed by atoms with van der Waals surface area (Å²) in [4.78, 5) is 0. The minimum Gasteiger partial charge on any atom is -1.00 e. The summed E-state index contributed by atoms with van der Waals surface area (Å²) in [5.74, 6) is 0. The van der Waals surface area contributed by atoms with Crippen LogP contribution in [0.1, 0.15) is 142 Å². The summed E-state index contributed by atoms with van der Waals surface area (Å²) >= 11 is 0. The molecule has 0 fully saturated rings. The van der Waals surface area contributed by atoms with E-state index in [1.165, 1.54) is 142 Å². The molecule has 34 heavy (non-hydrogen) atoms. The van der Waals surface area contributed by atoms with E-state index in [2.05, 4.69) is 56.1 Å². The molecule has 0 rings (SSSR count). The molecule has 0 aromatic carbocycles. The van der Waals surface area contributed by atoms with E-state index in [0.29, 0.717) is 0 Å². The molecule has 0 aliphatic carbocycles. The monoisotopic (exact) mass is 614 g/mol. The zero-order chi connectivity index (χ0) is 24.6. The molecule has 0 N–H and O–H groups in total. The highest BCUT2D eigenvalue weighted by atomic mass is 79.9. The molecule has 2 nitrogen and oxygen atoms in total. The summed E-state index contributed by atoms with van der Waals surface area (Å²) in [5.41, 5.74) is 0. The summed E-state index contributed by atoms with van der Waals surface area (Å²) in [6, 6.07) is 0. The fraction of sp³-hybridized carbons (Fsp3) is 1.00. The van der Waals surface area contributed by atoms with Gasteiger partial charge in [-0.25, -0.2) is 0 Å². The van der Waals surface area contributed by atoms with Crippen LogP contribution in [0.3, 0.4) is 0 Å². The standard InChI is InChI=1S/2C15H34N.2BrH/c2*1-5-6-7-8-9-10-11-12-13-14-15-16(2,3)4;;/h2*5-15H2,1-4H3;2*1H/q2*+1;;/p-2. The Morgan fingerprint density at radius 3 is 0.647 bits per heavy atom. The molecule has 0 amide bonds. The second-order valence-corrected chi connectivity index (χ2v) is 12.4. The fourth-order valence-electron chi connectivity index (χ4n) is 4.15. The molecule has 0 aliphatic rings. The van der Waals surface area contributed by atoms with Crippen molar-refractivity contribution in [1.82, 2.24) is 0 Å². The summed E-state index contributed by atoms with van der Waals surface area (Å²) in [7, 11) is 13.7. The second-order valence-electron chi connectivity index (χ2n) is 12.4. The SMILES string of the molecule is CCCCCCCCCCCC[N+](C)(C)C.CCCCCCCCCCCC[N+](C)(C)C.[Br-].[Br-]. The quantitative estimate of drug-likeness (QED) is 0.130. The number of rotatable bonds is 22. The maximum atomic E-state index is 2.29. The van der Waals surface area contributed by atoms with E-state index in [9.17, 15) is 0 Å². The number of hydrogen-bond acceptors (Lipinski definition) is 0. The van der Waals surface area contributed by atoms with E-state index in [4.69, 9.17) is 0 Å². The van der Waals surface area contributed by atoms with Crippen molar-refractivity contribution in [3.8, 4) is 0 Å². The first-order chi connectivity index (χ1) is 15.1. The van der Waals surface area contributed by atoms with Gasteiger partial charge in [0.05, 0.1) is 55.4 Å². The van der Waals surface area contributed by atoms with Crippen molar-refractivity contribution in [3.05, 3.63) is 0 Å². The Morgan fingerprint density at radius 1 is 0.294 bits per heavy atom. The molecule has 4 heteroatoms. The van der Waals surface area contributed by atoms with E-state index in [1.807, 2.05) is 0 Å². The lowest BCUT2D eigenvalue weighted by atomic mass is 10.1. The topological polar surface area (TPSA) is 0 Å². The third-order valence-electron chi connectivity index (χ3n) is 6.36. The predicted molar refractivity (Wildman–Crippen MR) is 149 cm³/mol. The van der Waals surface area contributed by atoms with Gasteiger partial charge in [-0.15, -0.1) is 0 Å². The molecule has 212 valence electrons. The Morgan fingerprint density at radius 2 is 0.471 bits per heavy atom. The molecular weight excluding hydrogens is 548 g/mol. The number of halogens is 2. The van der Waals surface area contributed by atoms with E-state index < -0.39 is 0 Å². The lowest BCUT2D eigenvalue weighted by Gasteiger charge is -2.23. The molecule has 0 saturated heterocycles. The van der Waals surface area contributed by atoms with Crippen molar-refractivity contribution in [1.29, 1.82) is 0 Å². The number of quaternary nitrogens is 2. The highest BCUT2D eigenvalue weighted by Crippen LogP contribution is 2.12. The largest absolute Gasteiger partial charge is 1.00 e. The van der Waals surface area contributed by atoms with Crippen molar-refractivity contribution >= 4 is 0 Å². The van der Waals surface area contributed by atoms with Crippen LogP contribution in [-0.4, -0.2) is 64.3 Å². The Hall–Kier alpha value is 0.880. The maximum Gasteiger partial charge on any atom is 0.0780 e. The Bertz CT molecular complexity index is 315. The van der Waals surface area contributed by atoms with Gasteiger partial charge in [-0.3, -0.25) is 0 Å². The summed E-state index contributed by atoms with van der Waals surface area (Å²) in [6.07, 6.45) is 28.8. The lowest BCUT2D eigenvalue weighted by Crippen LogP contribution is -3.00. The van der Waals surface area contributed by atoms with E-state index in [-0.39, 0.29) is 34.0 Å². The van der Waals surface area contributed by atoms with Gasteiger partial charge in [0.25, 0.3) is 0 Å². The zero-order valence-electron chi connectivity index (χ0n) is 25.2. The molecule has 0 aromatic rings. The Labute approximate surface area is 239 Å². The predicted octanol–water partition coefficient (Wildman–Crippen LogP) is 3.24. The van der Waals surface area contributed by atoms with E-state index >= 15 is 0 Å². The number of hydrogen-bond donors (Lipinski definition) is 0. The molecule has 0 spiro atoms. The van der Waals surface area contributed by atoms with Crippen LogP contribution in [0.25, 0.3) is 0 Å². The third kappa shape index (κ3) is 46.2. The molecule has 0 aliphatic heterocycles. The van der Waals surface area contributed by atoms with Crippen molar-refractivity contribution < 1.29 is 42.9 Å². The van der Waals surface area contributed by atoms with Crippen LogP contribution in [0.4, 0.5) is 0 Å². The molecule has 0 aromatic heterocycles. The Balaban J connectivity index is -0.000000250. The van der Waals surface area contributed by atoms with Crippen molar-refractivity contribution in [2.45, 2.75) is 142 Å². The van der Waals surface area contributed by atoms with Gasteiger partial charge in [0.15, 0.2) is 0 Å². The first kappa shape index (κ1) is 42.0. The van der Waals surface area contributed by atoms with Crippen molar-refractivity contribution in [2.75, 3.05) is 55.4 Å². The summed E-state index contributed by atoms with van der Waals surface area (Å²) in [6.45, 7) is 7.23. The molecular formula is C30H68Br2N2. The van der Waals surface area contributed by atoms with Crippen LogP contribution in [0.15, 0.2) is 0 Å². The molecule has 0 unspecified atom stereocenters. The highest BCUT2D eigenvalue weighted by Gasteiger charge is 2.05. The molecule has 0 heterocycles.